The van der Waals surface area contributed by atoms with Gasteiger partial charge in [0, 0.05) is 17.3 Å². The summed E-state index contributed by atoms with van der Waals surface area (Å²) in [6.07, 6.45) is 1.77. The molecule has 2 rings (SSSR count). The van der Waals surface area contributed by atoms with Crippen LogP contribution in [0.2, 0.25) is 5.02 Å². The van der Waals surface area contributed by atoms with E-state index in [9.17, 15) is 4.79 Å². The lowest BCUT2D eigenvalue weighted by molar-refractivity contribution is -0.113. The van der Waals surface area contributed by atoms with Crippen LogP contribution in [0, 0.1) is 13.8 Å². The molecule has 1 amide bonds. The second-order valence-corrected chi connectivity index (χ2v) is 6.03. The number of carbonyl (C=O) groups excluding carboxylic acids is 1. The predicted molar refractivity (Wildman–Crippen MR) is 90.5 cm³/mol. The van der Waals surface area contributed by atoms with Crippen LogP contribution < -0.4 is 5.32 Å². The Kier molecular flexibility index (Phi) is 5.63. The Hall–Kier alpha value is -1.79. The van der Waals surface area contributed by atoms with Crippen LogP contribution in [0.3, 0.4) is 0 Å². The largest absolute Gasteiger partial charge is 0.325 e. The van der Waals surface area contributed by atoms with Gasteiger partial charge in [-0.2, -0.15) is 0 Å². The lowest BCUT2D eigenvalue weighted by atomic mass is 10.2. The fourth-order valence-electron chi connectivity index (χ4n) is 1.87. The van der Waals surface area contributed by atoms with Crippen molar-refractivity contribution in [3.63, 3.8) is 0 Å². The molecule has 0 atom stereocenters. The van der Waals surface area contributed by atoms with Gasteiger partial charge in [0.05, 0.1) is 5.75 Å². The smallest absolute Gasteiger partial charge is 0.234 e. The summed E-state index contributed by atoms with van der Waals surface area (Å²) in [5.74, 6) is 0.941. The molecule has 1 N–H and O–H groups in total. The molecule has 0 saturated heterocycles. The minimum Gasteiger partial charge on any atom is -0.325 e. The Morgan fingerprint density at radius 1 is 1.45 bits per heavy atom. The first-order chi connectivity index (χ1) is 10.5. The molecule has 116 valence electrons. The number of thioether (sulfide) groups is 1. The third-order valence-electron chi connectivity index (χ3n) is 3.09. The highest BCUT2D eigenvalue weighted by Gasteiger charge is 2.12. The van der Waals surface area contributed by atoms with Gasteiger partial charge in [0.2, 0.25) is 5.91 Å². The molecule has 22 heavy (non-hydrogen) atoms. The van der Waals surface area contributed by atoms with E-state index >= 15 is 0 Å². The van der Waals surface area contributed by atoms with Crippen molar-refractivity contribution in [1.29, 1.82) is 0 Å². The Balaban J connectivity index is 1.99. The first-order valence-corrected chi connectivity index (χ1v) is 8.07. The van der Waals surface area contributed by atoms with Gasteiger partial charge >= 0.3 is 0 Å². The van der Waals surface area contributed by atoms with Crippen LogP contribution in [0.5, 0.6) is 0 Å². The van der Waals surface area contributed by atoms with E-state index in [1.807, 2.05) is 30.5 Å². The van der Waals surface area contributed by atoms with Gasteiger partial charge in [0.25, 0.3) is 0 Å². The van der Waals surface area contributed by atoms with E-state index < -0.39 is 0 Å². The first kappa shape index (κ1) is 16.6. The lowest BCUT2D eigenvalue weighted by Crippen LogP contribution is -2.15. The summed E-state index contributed by atoms with van der Waals surface area (Å²) >= 11 is 7.38. The van der Waals surface area contributed by atoms with Crippen LogP contribution in [0.15, 0.2) is 36.0 Å². The molecule has 0 saturated carbocycles. The Morgan fingerprint density at radius 2 is 2.23 bits per heavy atom. The highest BCUT2D eigenvalue weighted by molar-refractivity contribution is 7.99. The second kappa shape index (κ2) is 7.47. The fraction of sp³-hybridized carbons (Fsp3) is 0.267. The molecule has 2 aromatic rings. The van der Waals surface area contributed by atoms with Gasteiger partial charge in [0.15, 0.2) is 5.16 Å². The highest BCUT2D eigenvalue weighted by atomic mass is 35.5. The van der Waals surface area contributed by atoms with Crippen LogP contribution in [-0.4, -0.2) is 26.4 Å². The number of amides is 1. The number of rotatable bonds is 6. The lowest BCUT2D eigenvalue weighted by Gasteiger charge is -2.09. The van der Waals surface area contributed by atoms with Crippen LogP contribution in [-0.2, 0) is 11.3 Å². The molecule has 0 radical (unpaired) electrons. The molecular weight excluding hydrogens is 320 g/mol. The third kappa shape index (κ3) is 3.90. The monoisotopic (exact) mass is 336 g/mol. The fourth-order valence-corrected chi connectivity index (χ4v) is 2.83. The van der Waals surface area contributed by atoms with Crippen molar-refractivity contribution in [2.45, 2.75) is 25.5 Å². The van der Waals surface area contributed by atoms with Crippen LogP contribution >= 0.6 is 23.4 Å². The number of halogens is 1. The van der Waals surface area contributed by atoms with Crippen LogP contribution in [0.25, 0.3) is 0 Å². The average molecular weight is 337 g/mol. The van der Waals surface area contributed by atoms with Crippen molar-refractivity contribution >= 4 is 35.0 Å². The Labute approximate surface area is 138 Å². The predicted octanol–water partition coefficient (Wildman–Crippen LogP) is 3.47. The minimum absolute atomic E-state index is 0.110. The summed E-state index contributed by atoms with van der Waals surface area (Å²) in [5.41, 5.74) is 1.58. The Morgan fingerprint density at radius 3 is 2.95 bits per heavy atom. The first-order valence-electron chi connectivity index (χ1n) is 6.71. The van der Waals surface area contributed by atoms with Gasteiger partial charge < -0.3 is 9.88 Å². The molecule has 0 bridgehead atoms. The van der Waals surface area contributed by atoms with Gasteiger partial charge in [0.1, 0.15) is 5.82 Å². The van der Waals surface area contributed by atoms with Crippen molar-refractivity contribution in [1.82, 2.24) is 14.8 Å². The van der Waals surface area contributed by atoms with Crippen molar-refractivity contribution in [3.05, 3.63) is 47.3 Å². The van der Waals surface area contributed by atoms with Crippen molar-refractivity contribution in [2.75, 3.05) is 11.1 Å². The maximum Gasteiger partial charge on any atom is 0.234 e. The molecule has 0 unspecified atom stereocenters. The molecule has 0 aliphatic heterocycles. The van der Waals surface area contributed by atoms with E-state index in [0.717, 1.165) is 17.1 Å². The number of hydrogen-bond donors (Lipinski definition) is 1. The van der Waals surface area contributed by atoms with E-state index in [-0.39, 0.29) is 11.7 Å². The zero-order chi connectivity index (χ0) is 16.1. The number of allylic oxidation sites excluding steroid dienone is 1. The number of carbonyl (C=O) groups is 1. The topological polar surface area (TPSA) is 59.8 Å². The van der Waals surface area contributed by atoms with E-state index in [1.165, 1.54) is 11.8 Å². The molecular formula is C15H17ClN4OS. The second-order valence-electron chi connectivity index (χ2n) is 4.68. The zero-order valence-corrected chi connectivity index (χ0v) is 14.0. The maximum absolute atomic E-state index is 12.1. The summed E-state index contributed by atoms with van der Waals surface area (Å²) in [6, 6.07) is 5.43. The minimum atomic E-state index is -0.110. The molecule has 0 spiro atoms. The molecule has 1 heterocycles. The molecule has 0 aliphatic rings. The standard InChI is InChI=1S/C15H17ClN4OS/c1-4-8-20-11(3)18-19-15(20)22-9-14(21)17-13-7-5-6-12(16)10(13)2/h4-7H,1,8-9H2,2-3H3,(H,17,21). The van der Waals surface area contributed by atoms with Gasteiger partial charge in [-0.05, 0) is 31.5 Å². The molecule has 5 nitrogen and oxygen atoms in total. The maximum atomic E-state index is 12.1. The summed E-state index contributed by atoms with van der Waals surface area (Å²) in [4.78, 5) is 12.1. The van der Waals surface area contributed by atoms with E-state index in [2.05, 4.69) is 22.1 Å². The summed E-state index contributed by atoms with van der Waals surface area (Å²) < 4.78 is 1.91. The van der Waals surface area contributed by atoms with Gasteiger partial charge in [-0.3, -0.25) is 4.79 Å². The van der Waals surface area contributed by atoms with Crippen molar-refractivity contribution < 1.29 is 4.79 Å². The normalized spacial score (nSPS) is 10.5. The summed E-state index contributed by atoms with van der Waals surface area (Å²) in [5, 5.41) is 12.3. The van der Waals surface area contributed by atoms with Crippen LogP contribution in [0.4, 0.5) is 5.69 Å². The molecule has 0 aliphatic carbocycles. The number of hydrogen-bond acceptors (Lipinski definition) is 4. The van der Waals surface area contributed by atoms with E-state index in [1.54, 1.807) is 12.1 Å². The van der Waals surface area contributed by atoms with E-state index in [4.69, 9.17) is 11.6 Å². The molecule has 1 aromatic heterocycles. The SMILES string of the molecule is C=CCn1c(C)nnc1SCC(=O)Nc1cccc(Cl)c1C. The van der Waals surface area contributed by atoms with Crippen molar-refractivity contribution in [2.24, 2.45) is 0 Å². The van der Waals surface area contributed by atoms with Crippen molar-refractivity contribution in [3.8, 4) is 0 Å². The molecule has 0 fully saturated rings. The average Bonchev–Trinajstić information content (AvgIpc) is 2.83. The third-order valence-corrected chi connectivity index (χ3v) is 4.46. The van der Waals surface area contributed by atoms with E-state index in [0.29, 0.717) is 16.7 Å². The molecule has 7 heteroatoms. The van der Waals surface area contributed by atoms with Gasteiger partial charge in [-0.1, -0.05) is 35.5 Å². The van der Waals surface area contributed by atoms with Gasteiger partial charge in [-0.25, -0.2) is 0 Å². The summed E-state index contributed by atoms with van der Waals surface area (Å²) in [7, 11) is 0. The number of nitrogens with one attached hydrogen (secondary N) is 1. The number of nitrogens with zero attached hydrogens (tertiary/aromatic N) is 3. The number of anilines is 1. The van der Waals surface area contributed by atoms with Crippen LogP contribution in [0.1, 0.15) is 11.4 Å². The zero-order valence-electron chi connectivity index (χ0n) is 12.5. The highest BCUT2D eigenvalue weighted by Crippen LogP contribution is 2.23. The molecule has 1 aromatic carbocycles. The quantitative estimate of drug-likeness (QED) is 0.648. The number of aromatic nitrogens is 3. The number of benzene rings is 1. The Bertz CT molecular complexity index is 699. The van der Waals surface area contributed by atoms with Gasteiger partial charge in [-0.15, -0.1) is 16.8 Å². The summed E-state index contributed by atoms with van der Waals surface area (Å²) in [6.45, 7) is 8.07. The number of aryl methyl sites for hydroxylation is 1.